The zero-order chi connectivity index (χ0) is 15.3. The van der Waals surface area contributed by atoms with Crippen molar-refractivity contribution in [2.24, 2.45) is 0 Å². The number of hydrogen-bond acceptors (Lipinski definition) is 4. The number of nitrogens with zero attached hydrogens (tertiary/aromatic N) is 3. The molecule has 114 valence electrons. The monoisotopic (exact) mass is 307 g/mol. The molecular weight excluding hydrogens is 286 g/mol. The minimum absolute atomic E-state index is 0.367. The molecule has 0 unspecified atom stereocenters. The minimum atomic E-state index is -3.37. The second-order valence-corrected chi connectivity index (χ2v) is 7.26. The average Bonchev–Trinajstić information content (AvgIpc) is 2.48. The summed E-state index contributed by atoms with van der Waals surface area (Å²) in [7, 11) is -3.37. The lowest BCUT2D eigenvalue weighted by atomic mass is 10.2. The third-order valence-electron chi connectivity index (χ3n) is 3.75. The highest BCUT2D eigenvalue weighted by Gasteiger charge is 2.27. The Morgan fingerprint density at radius 2 is 1.76 bits per heavy atom. The van der Waals surface area contributed by atoms with E-state index in [1.807, 2.05) is 19.1 Å². The summed E-state index contributed by atoms with van der Waals surface area (Å²) in [5.41, 5.74) is 1.05. The Morgan fingerprint density at radius 1 is 1.14 bits per heavy atom. The summed E-state index contributed by atoms with van der Waals surface area (Å²) in [6.07, 6.45) is 1.41. The number of rotatable bonds is 5. The number of piperazine rings is 1. The van der Waals surface area contributed by atoms with E-state index in [9.17, 15) is 8.42 Å². The van der Waals surface area contributed by atoms with Gasteiger partial charge >= 0.3 is 0 Å². The summed E-state index contributed by atoms with van der Waals surface area (Å²) < 4.78 is 26.6. The van der Waals surface area contributed by atoms with Crippen LogP contribution < -0.4 is 0 Å². The Morgan fingerprint density at radius 3 is 2.33 bits per heavy atom. The summed E-state index contributed by atoms with van der Waals surface area (Å²) in [6, 6.07) is 9.12. The first kappa shape index (κ1) is 16.0. The van der Waals surface area contributed by atoms with E-state index in [0.717, 1.165) is 31.6 Å². The second kappa shape index (κ2) is 7.03. The lowest BCUT2D eigenvalue weighted by Crippen LogP contribution is -2.48. The van der Waals surface area contributed by atoms with Crippen LogP contribution in [0.4, 0.5) is 0 Å². The molecule has 0 N–H and O–H groups in total. The van der Waals surface area contributed by atoms with Crippen molar-refractivity contribution >= 4 is 10.0 Å². The number of nitriles is 1. The summed E-state index contributed by atoms with van der Waals surface area (Å²) in [5.74, 6) is 0. The SMILES string of the molecule is Cc1ccc(S(=O)(=O)N2CCN(CCCC#N)CC2)cc1. The topological polar surface area (TPSA) is 64.4 Å². The van der Waals surface area contributed by atoms with E-state index in [0.29, 0.717) is 24.4 Å². The Bertz CT molecular complexity index is 597. The van der Waals surface area contributed by atoms with Gasteiger partial charge in [-0.2, -0.15) is 9.57 Å². The van der Waals surface area contributed by atoms with Crippen molar-refractivity contribution in [1.82, 2.24) is 9.21 Å². The van der Waals surface area contributed by atoms with E-state index in [2.05, 4.69) is 11.0 Å². The molecule has 2 rings (SSSR count). The zero-order valence-corrected chi connectivity index (χ0v) is 13.1. The Kier molecular flexibility index (Phi) is 5.34. The molecule has 1 aromatic rings. The molecule has 0 saturated carbocycles. The first-order valence-electron chi connectivity index (χ1n) is 7.20. The van der Waals surface area contributed by atoms with Crippen LogP contribution in [0.2, 0.25) is 0 Å². The Labute approximate surface area is 126 Å². The van der Waals surface area contributed by atoms with Crippen molar-refractivity contribution in [2.45, 2.75) is 24.7 Å². The predicted molar refractivity (Wildman–Crippen MR) is 81.2 cm³/mol. The molecule has 1 aliphatic rings. The van der Waals surface area contributed by atoms with E-state index in [1.165, 1.54) is 0 Å². The van der Waals surface area contributed by atoms with Crippen LogP contribution in [0.5, 0.6) is 0 Å². The molecule has 1 aromatic carbocycles. The maximum Gasteiger partial charge on any atom is 0.243 e. The summed E-state index contributed by atoms with van der Waals surface area (Å²) in [5, 5.41) is 8.53. The standard InChI is InChI=1S/C15H21N3O2S/c1-14-4-6-15(7-5-14)21(19,20)18-12-10-17(11-13-18)9-3-2-8-16/h4-7H,2-3,9-13H2,1H3. The van der Waals surface area contributed by atoms with Gasteiger partial charge in [0.15, 0.2) is 0 Å². The van der Waals surface area contributed by atoms with Crippen molar-refractivity contribution in [3.05, 3.63) is 29.8 Å². The summed E-state index contributed by atoms with van der Waals surface area (Å²) in [6.45, 7) is 5.31. The molecule has 1 aliphatic heterocycles. The summed E-state index contributed by atoms with van der Waals surface area (Å²) >= 11 is 0. The molecule has 0 radical (unpaired) electrons. The third kappa shape index (κ3) is 4.03. The highest BCUT2D eigenvalue weighted by Crippen LogP contribution is 2.18. The lowest BCUT2D eigenvalue weighted by molar-refractivity contribution is 0.187. The van der Waals surface area contributed by atoms with Gasteiger partial charge in [0.25, 0.3) is 0 Å². The highest BCUT2D eigenvalue weighted by molar-refractivity contribution is 7.89. The molecule has 0 amide bonds. The molecule has 1 heterocycles. The number of hydrogen-bond donors (Lipinski definition) is 0. The minimum Gasteiger partial charge on any atom is -0.301 e. The Balaban J connectivity index is 1.95. The van der Waals surface area contributed by atoms with Crippen LogP contribution in [0.25, 0.3) is 0 Å². The number of unbranched alkanes of at least 4 members (excludes halogenated alkanes) is 1. The largest absolute Gasteiger partial charge is 0.301 e. The lowest BCUT2D eigenvalue weighted by Gasteiger charge is -2.33. The van der Waals surface area contributed by atoms with E-state index in [4.69, 9.17) is 5.26 Å². The molecule has 0 atom stereocenters. The zero-order valence-electron chi connectivity index (χ0n) is 12.3. The predicted octanol–water partition coefficient (Wildman–Crippen LogP) is 1.61. The fourth-order valence-corrected chi connectivity index (χ4v) is 3.86. The van der Waals surface area contributed by atoms with Crippen LogP contribution in [0.1, 0.15) is 18.4 Å². The molecule has 0 spiro atoms. The fourth-order valence-electron chi connectivity index (χ4n) is 2.43. The van der Waals surface area contributed by atoms with Crippen molar-refractivity contribution in [3.63, 3.8) is 0 Å². The number of sulfonamides is 1. The number of benzene rings is 1. The van der Waals surface area contributed by atoms with Crippen LogP contribution in [-0.2, 0) is 10.0 Å². The quantitative estimate of drug-likeness (QED) is 0.775. The van der Waals surface area contributed by atoms with E-state index in [-0.39, 0.29) is 0 Å². The van der Waals surface area contributed by atoms with E-state index < -0.39 is 10.0 Å². The number of aryl methyl sites for hydroxylation is 1. The molecule has 5 nitrogen and oxygen atoms in total. The van der Waals surface area contributed by atoms with E-state index >= 15 is 0 Å². The van der Waals surface area contributed by atoms with Gasteiger partial charge in [0.1, 0.15) is 0 Å². The normalized spacial score (nSPS) is 17.5. The van der Waals surface area contributed by atoms with Gasteiger partial charge in [-0.25, -0.2) is 8.42 Å². The maximum atomic E-state index is 12.5. The van der Waals surface area contributed by atoms with Gasteiger partial charge in [0.2, 0.25) is 10.0 Å². The van der Waals surface area contributed by atoms with Gasteiger partial charge in [-0.3, -0.25) is 0 Å². The fraction of sp³-hybridized carbons (Fsp3) is 0.533. The van der Waals surface area contributed by atoms with Crippen LogP contribution >= 0.6 is 0 Å². The average molecular weight is 307 g/mol. The van der Waals surface area contributed by atoms with Gasteiger partial charge in [0.05, 0.1) is 11.0 Å². The molecule has 21 heavy (non-hydrogen) atoms. The van der Waals surface area contributed by atoms with Crippen LogP contribution in [0, 0.1) is 18.3 Å². The van der Waals surface area contributed by atoms with Gasteiger partial charge in [-0.05, 0) is 32.0 Å². The highest BCUT2D eigenvalue weighted by atomic mass is 32.2. The third-order valence-corrected chi connectivity index (χ3v) is 5.67. The van der Waals surface area contributed by atoms with Crippen molar-refractivity contribution in [3.8, 4) is 6.07 Å². The van der Waals surface area contributed by atoms with Crippen LogP contribution in [0.3, 0.4) is 0 Å². The maximum absolute atomic E-state index is 12.5. The van der Waals surface area contributed by atoms with Crippen LogP contribution in [0.15, 0.2) is 29.2 Å². The molecule has 0 aromatic heterocycles. The van der Waals surface area contributed by atoms with Crippen LogP contribution in [-0.4, -0.2) is 50.3 Å². The van der Waals surface area contributed by atoms with Crippen molar-refractivity contribution < 1.29 is 8.42 Å². The van der Waals surface area contributed by atoms with Gasteiger partial charge in [-0.1, -0.05) is 17.7 Å². The molecule has 1 fully saturated rings. The smallest absolute Gasteiger partial charge is 0.243 e. The van der Waals surface area contributed by atoms with Crippen molar-refractivity contribution in [2.75, 3.05) is 32.7 Å². The van der Waals surface area contributed by atoms with Gasteiger partial charge < -0.3 is 4.90 Å². The Hall–Kier alpha value is -1.42. The molecule has 0 bridgehead atoms. The van der Waals surface area contributed by atoms with Crippen molar-refractivity contribution in [1.29, 1.82) is 5.26 Å². The molecule has 6 heteroatoms. The first-order chi connectivity index (χ1) is 10.0. The molecular formula is C15H21N3O2S. The first-order valence-corrected chi connectivity index (χ1v) is 8.64. The van der Waals surface area contributed by atoms with E-state index in [1.54, 1.807) is 16.4 Å². The van der Waals surface area contributed by atoms with Gasteiger partial charge in [0, 0.05) is 32.6 Å². The molecule has 0 aliphatic carbocycles. The molecule has 1 saturated heterocycles. The summed E-state index contributed by atoms with van der Waals surface area (Å²) in [4.78, 5) is 2.59. The van der Waals surface area contributed by atoms with Gasteiger partial charge in [-0.15, -0.1) is 0 Å². The second-order valence-electron chi connectivity index (χ2n) is 5.32.